The molecule has 3 aromatic rings. The highest BCUT2D eigenvalue weighted by atomic mass is 28.4. The molecule has 6 heteroatoms. The predicted molar refractivity (Wildman–Crippen MR) is 147 cm³/mol. The van der Waals surface area contributed by atoms with Gasteiger partial charge in [0.05, 0.1) is 20.6 Å². The largest absolute Gasteiger partial charge is 0.496 e. The first-order chi connectivity index (χ1) is 17.1. The Hall–Kier alpha value is -3.09. The van der Waals surface area contributed by atoms with Gasteiger partial charge < -0.3 is 19.0 Å². The van der Waals surface area contributed by atoms with Crippen molar-refractivity contribution < 1.29 is 23.8 Å². The molecule has 0 bridgehead atoms. The highest BCUT2D eigenvalue weighted by molar-refractivity contribution is 6.99. The third-order valence-electron chi connectivity index (χ3n) is 6.81. The van der Waals surface area contributed by atoms with Crippen LogP contribution in [0.4, 0.5) is 0 Å². The van der Waals surface area contributed by atoms with Gasteiger partial charge in [-0.05, 0) is 46.5 Å². The van der Waals surface area contributed by atoms with Gasteiger partial charge in [-0.3, -0.25) is 4.79 Å². The van der Waals surface area contributed by atoms with Gasteiger partial charge in [-0.15, -0.1) is 0 Å². The summed E-state index contributed by atoms with van der Waals surface area (Å²) >= 11 is 0. The average Bonchev–Trinajstić information content (AvgIpc) is 2.86. The second-order valence-electron chi connectivity index (χ2n) is 10.2. The van der Waals surface area contributed by atoms with Gasteiger partial charge in [-0.2, -0.15) is 0 Å². The van der Waals surface area contributed by atoms with Crippen molar-refractivity contribution >= 4 is 24.7 Å². The van der Waals surface area contributed by atoms with E-state index in [2.05, 4.69) is 69.3 Å². The topological polar surface area (TPSA) is 65.0 Å². The Morgan fingerprint density at radius 2 is 1.42 bits per heavy atom. The van der Waals surface area contributed by atoms with Crippen LogP contribution >= 0.6 is 0 Å². The molecule has 1 atom stereocenters. The van der Waals surface area contributed by atoms with Crippen LogP contribution < -0.4 is 19.8 Å². The zero-order valence-corrected chi connectivity index (χ0v) is 23.2. The van der Waals surface area contributed by atoms with Gasteiger partial charge in [0.25, 0.3) is 8.32 Å². The van der Waals surface area contributed by atoms with Crippen LogP contribution in [0.5, 0.6) is 11.5 Å². The third kappa shape index (κ3) is 5.82. The number of aliphatic carboxylic acids is 1. The molecule has 0 spiro atoms. The van der Waals surface area contributed by atoms with Crippen LogP contribution in [0.15, 0.2) is 72.8 Å². The number of hydrogen-bond donors (Lipinski definition) is 1. The van der Waals surface area contributed by atoms with Crippen molar-refractivity contribution in [2.75, 3.05) is 20.8 Å². The quantitative estimate of drug-likeness (QED) is 0.346. The van der Waals surface area contributed by atoms with Crippen molar-refractivity contribution in [3.8, 4) is 11.5 Å². The second kappa shape index (κ2) is 11.8. The molecular weight excluding hydrogens is 468 g/mol. The smallest absolute Gasteiger partial charge is 0.303 e. The van der Waals surface area contributed by atoms with E-state index in [9.17, 15) is 9.90 Å². The van der Waals surface area contributed by atoms with Crippen LogP contribution in [0.3, 0.4) is 0 Å². The van der Waals surface area contributed by atoms with Gasteiger partial charge in [0.1, 0.15) is 11.5 Å². The Balaban J connectivity index is 2.01. The van der Waals surface area contributed by atoms with E-state index in [1.54, 1.807) is 14.2 Å². The Bertz CT molecular complexity index is 1100. The highest BCUT2D eigenvalue weighted by Gasteiger charge is 2.50. The Morgan fingerprint density at radius 3 is 1.86 bits per heavy atom. The molecule has 0 amide bonds. The maximum absolute atomic E-state index is 11.9. The van der Waals surface area contributed by atoms with Crippen molar-refractivity contribution in [2.45, 2.75) is 51.5 Å². The second-order valence-corrected chi connectivity index (χ2v) is 14.5. The number of benzene rings is 3. The molecule has 0 saturated carbocycles. The molecule has 1 N–H and O–H groups in total. The summed E-state index contributed by atoms with van der Waals surface area (Å²) in [7, 11) is 0.525. The number of hydrogen-bond acceptors (Lipinski definition) is 4. The number of ether oxygens (including phenoxy) is 2. The molecule has 36 heavy (non-hydrogen) atoms. The number of carboxylic acids is 1. The lowest BCUT2D eigenvalue weighted by molar-refractivity contribution is -0.137. The predicted octanol–water partition coefficient (Wildman–Crippen LogP) is 5.54. The SMILES string of the molecule is COc1cc([C@@H](CCO[Si](c2ccccc2)(c2ccccc2)C(C)(C)C)CC(=O)O)c(OC)cc1C. The lowest BCUT2D eigenvalue weighted by Crippen LogP contribution is -2.66. The van der Waals surface area contributed by atoms with Gasteiger partial charge in [0.2, 0.25) is 0 Å². The van der Waals surface area contributed by atoms with E-state index in [-0.39, 0.29) is 17.4 Å². The van der Waals surface area contributed by atoms with Crippen molar-refractivity contribution in [2.24, 2.45) is 0 Å². The summed E-state index contributed by atoms with van der Waals surface area (Å²) in [5.74, 6) is 0.247. The standard InChI is InChI=1S/C30H38O5Si/c1-22-19-28(34-6)26(21-27(22)33-5)23(20-29(31)32)17-18-35-36(30(2,3)4,24-13-9-7-10-14-24)25-15-11-8-12-16-25/h7-16,19,21,23H,17-18,20H2,1-6H3,(H,31,32)/t23-/m0/s1. The monoisotopic (exact) mass is 506 g/mol. The van der Waals surface area contributed by atoms with Crippen LogP contribution in [0.2, 0.25) is 5.04 Å². The van der Waals surface area contributed by atoms with E-state index < -0.39 is 14.3 Å². The molecule has 0 radical (unpaired) electrons. The summed E-state index contributed by atoms with van der Waals surface area (Å²) < 4.78 is 18.2. The summed E-state index contributed by atoms with van der Waals surface area (Å²) in [5.41, 5.74) is 1.77. The maximum atomic E-state index is 11.9. The molecule has 0 unspecified atom stereocenters. The molecule has 0 aromatic heterocycles. The molecule has 0 heterocycles. The van der Waals surface area contributed by atoms with E-state index in [1.807, 2.05) is 31.2 Å². The number of methoxy groups -OCH3 is 2. The van der Waals surface area contributed by atoms with Crippen molar-refractivity contribution in [1.82, 2.24) is 0 Å². The van der Waals surface area contributed by atoms with Gasteiger partial charge in [0.15, 0.2) is 0 Å². The number of carboxylic acid groups (broad SMARTS) is 1. The zero-order chi connectivity index (χ0) is 26.3. The summed E-state index contributed by atoms with van der Waals surface area (Å²) in [6.45, 7) is 9.08. The fourth-order valence-corrected chi connectivity index (χ4v) is 9.67. The minimum absolute atomic E-state index is 0.0211. The van der Waals surface area contributed by atoms with E-state index in [1.165, 1.54) is 10.4 Å². The van der Waals surface area contributed by atoms with Crippen LogP contribution in [-0.4, -0.2) is 40.2 Å². The number of aryl methyl sites for hydroxylation is 1. The molecule has 0 fully saturated rings. The first-order valence-corrected chi connectivity index (χ1v) is 14.2. The molecule has 3 aromatic carbocycles. The van der Waals surface area contributed by atoms with Crippen molar-refractivity contribution in [3.05, 3.63) is 83.9 Å². The minimum Gasteiger partial charge on any atom is -0.496 e. The molecule has 0 aliphatic heterocycles. The molecule has 3 rings (SSSR count). The summed E-state index contributed by atoms with van der Waals surface area (Å²) in [6, 6.07) is 24.7. The van der Waals surface area contributed by atoms with Crippen molar-refractivity contribution in [1.29, 1.82) is 0 Å². The molecule has 192 valence electrons. The van der Waals surface area contributed by atoms with Gasteiger partial charge in [-0.25, -0.2) is 0 Å². The normalized spacial score (nSPS) is 12.7. The average molecular weight is 507 g/mol. The van der Waals surface area contributed by atoms with E-state index in [0.717, 1.165) is 11.1 Å². The van der Waals surface area contributed by atoms with E-state index in [0.29, 0.717) is 24.5 Å². The first kappa shape index (κ1) is 27.5. The number of rotatable bonds is 11. The van der Waals surface area contributed by atoms with Gasteiger partial charge in [0, 0.05) is 18.1 Å². The molecular formula is C30H38O5Si. The van der Waals surface area contributed by atoms with Gasteiger partial charge >= 0.3 is 5.97 Å². The molecule has 0 aliphatic carbocycles. The van der Waals surface area contributed by atoms with E-state index >= 15 is 0 Å². The molecule has 5 nitrogen and oxygen atoms in total. The summed E-state index contributed by atoms with van der Waals surface area (Å²) in [4.78, 5) is 11.9. The first-order valence-electron chi connectivity index (χ1n) is 12.3. The fraction of sp³-hybridized carbons (Fsp3) is 0.367. The summed E-state index contributed by atoms with van der Waals surface area (Å²) in [5, 5.41) is 12.0. The van der Waals surface area contributed by atoms with E-state index in [4.69, 9.17) is 13.9 Å². The molecule has 0 aliphatic rings. The fourth-order valence-electron chi connectivity index (χ4n) is 5.09. The third-order valence-corrected chi connectivity index (χ3v) is 11.9. The highest BCUT2D eigenvalue weighted by Crippen LogP contribution is 2.39. The Labute approximate surface area is 216 Å². The van der Waals surface area contributed by atoms with Crippen LogP contribution in [-0.2, 0) is 9.22 Å². The Morgan fingerprint density at radius 1 is 0.889 bits per heavy atom. The lowest BCUT2D eigenvalue weighted by Gasteiger charge is -2.43. The minimum atomic E-state index is -2.71. The number of carbonyl (C=O) groups is 1. The van der Waals surface area contributed by atoms with Crippen LogP contribution in [0.1, 0.15) is 50.7 Å². The van der Waals surface area contributed by atoms with Crippen LogP contribution in [0.25, 0.3) is 0 Å². The van der Waals surface area contributed by atoms with Crippen molar-refractivity contribution in [3.63, 3.8) is 0 Å². The summed E-state index contributed by atoms with van der Waals surface area (Å²) in [6.07, 6.45) is 0.520. The zero-order valence-electron chi connectivity index (χ0n) is 22.2. The van der Waals surface area contributed by atoms with Crippen LogP contribution in [0, 0.1) is 6.92 Å². The molecule has 0 saturated heterocycles. The lowest BCUT2D eigenvalue weighted by atomic mass is 9.91. The van der Waals surface area contributed by atoms with Gasteiger partial charge in [-0.1, -0.05) is 81.4 Å². The Kier molecular flexibility index (Phi) is 8.98. The maximum Gasteiger partial charge on any atom is 0.303 e.